The summed E-state index contributed by atoms with van der Waals surface area (Å²) in [7, 11) is 0. The standard InChI is InChI=1S/C19H28N4O2/c1-5-15(6-2)17(24)12-20-19(25)21-18-13(3)22-23(14(18)4)16-10-8-7-9-11-16/h7-11,15,17,24H,5-6,12H2,1-4H3,(H2,20,21,25). The second kappa shape index (κ2) is 8.67. The van der Waals surface area contributed by atoms with E-state index in [1.54, 1.807) is 0 Å². The Labute approximate surface area is 149 Å². The zero-order valence-electron chi connectivity index (χ0n) is 15.4. The minimum atomic E-state index is -0.532. The van der Waals surface area contributed by atoms with Gasteiger partial charge in [0.25, 0.3) is 0 Å². The van der Waals surface area contributed by atoms with E-state index < -0.39 is 6.10 Å². The summed E-state index contributed by atoms with van der Waals surface area (Å²) in [5.74, 6) is 0.199. The molecule has 6 heteroatoms. The third-order valence-electron chi connectivity index (χ3n) is 4.60. The maximum absolute atomic E-state index is 12.2. The average Bonchev–Trinajstić information content (AvgIpc) is 2.90. The second-order valence-corrected chi connectivity index (χ2v) is 6.27. The monoisotopic (exact) mass is 344 g/mol. The van der Waals surface area contributed by atoms with Crippen LogP contribution < -0.4 is 10.6 Å². The molecule has 6 nitrogen and oxygen atoms in total. The number of carbonyl (C=O) groups excluding carboxylic acids is 1. The van der Waals surface area contributed by atoms with E-state index in [1.807, 2.05) is 62.7 Å². The van der Waals surface area contributed by atoms with Gasteiger partial charge in [0.05, 0.1) is 28.9 Å². The Hall–Kier alpha value is -2.34. The Bertz CT molecular complexity index is 693. The topological polar surface area (TPSA) is 79.2 Å². The van der Waals surface area contributed by atoms with Crippen molar-refractivity contribution >= 4 is 11.7 Å². The zero-order valence-corrected chi connectivity index (χ0v) is 15.4. The van der Waals surface area contributed by atoms with Gasteiger partial charge in [0.1, 0.15) is 0 Å². The molecule has 0 saturated carbocycles. The van der Waals surface area contributed by atoms with Gasteiger partial charge in [0, 0.05) is 6.54 Å². The van der Waals surface area contributed by atoms with E-state index in [0.29, 0.717) is 5.69 Å². The SMILES string of the molecule is CCC(CC)C(O)CNC(=O)Nc1c(C)nn(-c2ccccc2)c1C. The van der Waals surface area contributed by atoms with Crippen molar-refractivity contribution in [3.05, 3.63) is 41.7 Å². The first-order chi connectivity index (χ1) is 12.0. The number of amides is 2. The van der Waals surface area contributed by atoms with Gasteiger partial charge in [0.2, 0.25) is 0 Å². The molecule has 0 aliphatic rings. The Morgan fingerprint density at radius 1 is 1.20 bits per heavy atom. The minimum Gasteiger partial charge on any atom is -0.391 e. The Morgan fingerprint density at radius 3 is 2.44 bits per heavy atom. The third kappa shape index (κ3) is 4.60. The van der Waals surface area contributed by atoms with Crippen molar-refractivity contribution in [3.8, 4) is 5.69 Å². The predicted octanol–water partition coefficient (Wildman–Crippen LogP) is 3.41. The first-order valence-electron chi connectivity index (χ1n) is 8.82. The lowest BCUT2D eigenvalue weighted by Gasteiger charge is -2.20. The molecular weight excluding hydrogens is 316 g/mol. The molecule has 0 saturated heterocycles. The summed E-state index contributed by atoms with van der Waals surface area (Å²) in [6.07, 6.45) is 1.25. The number of urea groups is 1. The third-order valence-corrected chi connectivity index (χ3v) is 4.60. The van der Waals surface area contributed by atoms with Gasteiger partial charge in [-0.2, -0.15) is 5.10 Å². The number of benzene rings is 1. The summed E-state index contributed by atoms with van der Waals surface area (Å²) in [5.41, 5.74) is 3.25. The second-order valence-electron chi connectivity index (χ2n) is 6.27. The van der Waals surface area contributed by atoms with Crippen LogP contribution in [-0.2, 0) is 0 Å². The number of aryl methyl sites for hydroxylation is 1. The van der Waals surface area contributed by atoms with Crippen LogP contribution in [-0.4, -0.2) is 33.6 Å². The molecule has 25 heavy (non-hydrogen) atoms. The van der Waals surface area contributed by atoms with Crippen LogP contribution in [0.2, 0.25) is 0 Å². The van der Waals surface area contributed by atoms with Crippen LogP contribution in [0.3, 0.4) is 0 Å². The van der Waals surface area contributed by atoms with E-state index in [-0.39, 0.29) is 18.5 Å². The molecule has 1 heterocycles. The summed E-state index contributed by atoms with van der Waals surface area (Å²) < 4.78 is 1.81. The van der Waals surface area contributed by atoms with E-state index in [4.69, 9.17) is 0 Å². The number of hydrogen-bond donors (Lipinski definition) is 3. The van der Waals surface area contributed by atoms with Crippen LogP contribution in [0.5, 0.6) is 0 Å². The number of rotatable bonds is 7. The molecule has 1 aromatic carbocycles. The Morgan fingerprint density at radius 2 is 1.84 bits per heavy atom. The van der Waals surface area contributed by atoms with E-state index >= 15 is 0 Å². The number of carbonyl (C=O) groups is 1. The van der Waals surface area contributed by atoms with E-state index in [1.165, 1.54) is 0 Å². The van der Waals surface area contributed by atoms with Gasteiger partial charge in [-0.15, -0.1) is 0 Å². The zero-order chi connectivity index (χ0) is 18.4. The molecule has 2 aromatic rings. The van der Waals surface area contributed by atoms with Gasteiger partial charge < -0.3 is 15.7 Å². The average molecular weight is 344 g/mol. The molecule has 1 unspecified atom stereocenters. The molecule has 2 rings (SSSR count). The van der Waals surface area contributed by atoms with E-state index in [9.17, 15) is 9.90 Å². The first kappa shape index (κ1) is 19.0. The van der Waals surface area contributed by atoms with Crippen LogP contribution >= 0.6 is 0 Å². The highest BCUT2D eigenvalue weighted by Crippen LogP contribution is 2.22. The number of hydrogen-bond acceptors (Lipinski definition) is 3. The maximum atomic E-state index is 12.2. The van der Waals surface area contributed by atoms with Gasteiger partial charge in [-0.25, -0.2) is 9.48 Å². The molecule has 0 aliphatic carbocycles. The maximum Gasteiger partial charge on any atom is 0.319 e. The molecule has 0 spiro atoms. The molecule has 0 bridgehead atoms. The summed E-state index contributed by atoms with van der Waals surface area (Å²) in [4.78, 5) is 12.2. The van der Waals surface area contributed by atoms with Crippen LogP contribution in [0, 0.1) is 19.8 Å². The summed E-state index contributed by atoms with van der Waals surface area (Å²) >= 11 is 0. The lowest BCUT2D eigenvalue weighted by Crippen LogP contribution is -2.38. The van der Waals surface area contributed by atoms with Crippen molar-refractivity contribution in [2.75, 3.05) is 11.9 Å². The lowest BCUT2D eigenvalue weighted by molar-refractivity contribution is 0.104. The molecular formula is C19H28N4O2. The number of aliphatic hydroxyl groups is 1. The van der Waals surface area contributed by atoms with Gasteiger partial charge in [-0.05, 0) is 31.9 Å². The normalized spacial score (nSPS) is 12.2. The van der Waals surface area contributed by atoms with Gasteiger partial charge in [-0.1, -0.05) is 44.9 Å². The summed E-state index contributed by atoms with van der Waals surface area (Å²) in [6.45, 7) is 8.11. The fraction of sp³-hybridized carbons (Fsp3) is 0.474. The van der Waals surface area contributed by atoms with Crippen molar-refractivity contribution in [1.29, 1.82) is 0 Å². The highest BCUT2D eigenvalue weighted by molar-refractivity contribution is 5.90. The van der Waals surface area contributed by atoms with Crippen molar-refractivity contribution in [1.82, 2.24) is 15.1 Å². The fourth-order valence-electron chi connectivity index (χ4n) is 3.00. The van der Waals surface area contributed by atoms with E-state index in [0.717, 1.165) is 29.9 Å². The smallest absolute Gasteiger partial charge is 0.319 e. The van der Waals surface area contributed by atoms with Gasteiger partial charge >= 0.3 is 6.03 Å². The Balaban J connectivity index is 2.03. The van der Waals surface area contributed by atoms with E-state index in [2.05, 4.69) is 15.7 Å². The summed E-state index contributed by atoms with van der Waals surface area (Å²) in [5, 5.41) is 20.2. The number of aliphatic hydroxyl groups excluding tert-OH is 1. The molecule has 0 fully saturated rings. The molecule has 2 amide bonds. The van der Waals surface area contributed by atoms with Crippen molar-refractivity contribution in [3.63, 3.8) is 0 Å². The number of nitrogens with zero attached hydrogens (tertiary/aromatic N) is 2. The van der Waals surface area contributed by atoms with Crippen LogP contribution in [0.15, 0.2) is 30.3 Å². The van der Waals surface area contributed by atoms with Crippen molar-refractivity contribution in [2.24, 2.45) is 5.92 Å². The number of anilines is 1. The molecule has 0 aliphatic heterocycles. The lowest BCUT2D eigenvalue weighted by atomic mass is 9.97. The van der Waals surface area contributed by atoms with Gasteiger partial charge in [0.15, 0.2) is 0 Å². The van der Waals surface area contributed by atoms with Crippen LogP contribution in [0.4, 0.5) is 10.5 Å². The Kier molecular flexibility index (Phi) is 6.58. The molecule has 136 valence electrons. The van der Waals surface area contributed by atoms with Crippen LogP contribution in [0.1, 0.15) is 38.1 Å². The van der Waals surface area contributed by atoms with Gasteiger partial charge in [-0.3, -0.25) is 0 Å². The molecule has 0 radical (unpaired) electrons. The first-order valence-corrected chi connectivity index (χ1v) is 8.82. The molecule has 1 atom stereocenters. The number of nitrogens with one attached hydrogen (secondary N) is 2. The molecule has 1 aromatic heterocycles. The summed E-state index contributed by atoms with van der Waals surface area (Å²) in [6, 6.07) is 9.46. The highest BCUT2D eigenvalue weighted by Gasteiger charge is 2.18. The van der Waals surface area contributed by atoms with Crippen molar-refractivity contribution < 1.29 is 9.90 Å². The quantitative estimate of drug-likeness (QED) is 0.720. The van der Waals surface area contributed by atoms with Crippen molar-refractivity contribution in [2.45, 2.75) is 46.6 Å². The highest BCUT2D eigenvalue weighted by atomic mass is 16.3. The number of para-hydroxylation sites is 1. The largest absolute Gasteiger partial charge is 0.391 e. The predicted molar refractivity (Wildman–Crippen MR) is 100 cm³/mol. The minimum absolute atomic E-state index is 0.199. The van der Waals surface area contributed by atoms with Crippen LogP contribution in [0.25, 0.3) is 5.69 Å². The number of aromatic nitrogens is 2. The molecule has 3 N–H and O–H groups in total. The fourth-order valence-corrected chi connectivity index (χ4v) is 3.00.